The minimum absolute atomic E-state index is 0.632. The third-order valence-corrected chi connectivity index (χ3v) is 3.84. The molecule has 0 amide bonds. The van der Waals surface area contributed by atoms with E-state index in [0.717, 1.165) is 30.9 Å². The lowest BCUT2D eigenvalue weighted by Gasteiger charge is -2.11. The monoisotopic (exact) mass is 321 g/mol. The summed E-state index contributed by atoms with van der Waals surface area (Å²) in [7, 11) is 0. The van der Waals surface area contributed by atoms with Gasteiger partial charge in [-0.25, -0.2) is 0 Å². The first-order chi connectivity index (χ1) is 11.8. The lowest BCUT2D eigenvalue weighted by molar-refractivity contribution is 0.134. The molecule has 4 nitrogen and oxygen atoms in total. The quantitative estimate of drug-likeness (QED) is 0.679. The first-order valence-corrected chi connectivity index (χ1v) is 8.30. The molecule has 0 aliphatic heterocycles. The number of nitrogens with zero attached hydrogens (tertiary/aromatic N) is 2. The van der Waals surface area contributed by atoms with Gasteiger partial charge in [-0.15, -0.1) is 0 Å². The van der Waals surface area contributed by atoms with Crippen molar-refractivity contribution in [3.63, 3.8) is 0 Å². The Morgan fingerprint density at radius 1 is 1.00 bits per heavy atom. The number of hydrogen-bond acceptors (Lipinski definition) is 3. The van der Waals surface area contributed by atoms with E-state index in [9.17, 15) is 0 Å². The van der Waals surface area contributed by atoms with Gasteiger partial charge in [0.25, 0.3) is 0 Å². The first-order valence-electron chi connectivity index (χ1n) is 8.30. The standard InChI is InChI=1S/C20H23N3O/c1-2-24-16-19-10-6-7-11-20(19)21-12-18-13-22-23(15-18)14-17-8-4-3-5-9-17/h3-11,13,15,21H,2,12,14,16H2,1H3. The normalized spacial score (nSPS) is 10.7. The minimum Gasteiger partial charge on any atom is -0.381 e. The molecule has 0 fully saturated rings. The van der Waals surface area contributed by atoms with Crippen molar-refractivity contribution < 1.29 is 4.74 Å². The van der Waals surface area contributed by atoms with Gasteiger partial charge in [0.05, 0.1) is 19.3 Å². The molecule has 4 heteroatoms. The Kier molecular flexibility index (Phi) is 5.64. The predicted octanol–water partition coefficient (Wildman–Crippen LogP) is 4.08. The number of aromatic nitrogens is 2. The number of anilines is 1. The molecule has 0 bridgehead atoms. The number of nitrogens with one attached hydrogen (secondary N) is 1. The van der Waals surface area contributed by atoms with E-state index in [2.05, 4.69) is 53.0 Å². The molecule has 1 N–H and O–H groups in total. The van der Waals surface area contributed by atoms with Crippen LogP contribution in [0.1, 0.15) is 23.6 Å². The van der Waals surface area contributed by atoms with Crippen LogP contribution in [-0.4, -0.2) is 16.4 Å². The topological polar surface area (TPSA) is 39.1 Å². The summed E-state index contributed by atoms with van der Waals surface area (Å²) in [5.41, 5.74) is 4.71. The third kappa shape index (κ3) is 4.46. The number of para-hydroxylation sites is 1. The molecule has 0 aliphatic rings. The predicted molar refractivity (Wildman–Crippen MR) is 96.9 cm³/mol. The molecular formula is C20H23N3O. The van der Waals surface area contributed by atoms with Crippen LogP contribution in [-0.2, 0) is 24.4 Å². The van der Waals surface area contributed by atoms with Crippen LogP contribution in [0.15, 0.2) is 67.0 Å². The summed E-state index contributed by atoms with van der Waals surface area (Å²) in [6.45, 7) is 4.91. The Balaban J connectivity index is 1.60. The highest BCUT2D eigenvalue weighted by atomic mass is 16.5. The molecule has 3 rings (SSSR count). The fourth-order valence-corrected chi connectivity index (χ4v) is 2.58. The van der Waals surface area contributed by atoms with E-state index < -0.39 is 0 Å². The van der Waals surface area contributed by atoms with Gasteiger partial charge in [0.2, 0.25) is 0 Å². The Morgan fingerprint density at radius 2 is 1.79 bits per heavy atom. The Labute approximate surface area is 143 Å². The van der Waals surface area contributed by atoms with Crippen LogP contribution in [0, 0.1) is 0 Å². The van der Waals surface area contributed by atoms with Crippen LogP contribution in [0.2, 0.25) is 0 Å². The average molecular weight is 321 g/mol. The molecule has 3 aromatic rings. The van der Waals surface area contributed by atoms with Crippen molar-refractivity contribution in [3.05, 3.63) is 83.7 Å². The van der Waals surface area contributed by atoms with Gasteiger partial charge < -0.3 is 10.1 Å². The molecule has 24 heavy (non-hydrogen) atoms. The second-order valence-electron chi connectivity index (χ2n) is 5.68. The second kappa shape index (κ2) is 8.31. The average Bonchev–Trinajstić information content (AvgIpc) is 3.07. The Morgan fingerprint density at radius 3 is 2.62 bits per heavy atom. The molecule has 1 heterocycles. The van der Waals surface area contributed by atoms with Gasteiger partial charge in [-0.3, -0.25) is 4.68 Å². The van der Waals surface area contributed by atoms with Crippen molar-refractivity contribution >= 4 is 5.69 Å². The molecular weight excluding hydrogens is 298 g/mol. The fraction of sp³-hybridized carbons (Fsp3) is 0.250. The maximum Gasteiger partial charge on any atom is 0.0736 e. The molecule has 0 saturated carbocycles. The first kappa shape index (κ1) is 16.3. The molecule has 0 unspecified atom stereocenters. The van der Waals surface area contributed by atoms with Gasteiger partial charge in [-0.2, -0.15) is 5.10 Å². The maximum absolute atomic E-state index is 5.53. The van der Waals surface area contributed by atoms with Crippen molar-refractivity contribution in [1.29, 1.82) is 0 Å². The number of ether oxygens (including phenoxy) is 1. The Hall–Kier alpha value is -2.59. The van der Waals surface area contributed by atoms with Gasteiger partial charge in [0.1, 0.15) is 0 Å². The molecule has 0 atom stereocenters. The molecule has 0 aliphatic carbocycles. The van der Waals surface area contributed by atoms with Crippen LogP contribution in [0.5, 0.6) is 0 Å². The van der Waals surface area contributed by atoms with Gasteiger partial charge in [-0.05, 0) is 18.6 Å². The fourth-order valence-electron chi connectivity index (χ4n) is 2.58. The summed E-state index contributed by atoms with van der Waals surface area (Å²) in [6, 6.07) is 18.6. The van der Waals surface area contributed by atoms with Gasteiger partial charge in [0, 0.05) is 36.2 Å². The summed E-state index contributed by atoms with van der Waals surface area (Å²) in [4.78, 5) is 0. The highest BCUT2D eigenvalue weighted by molar-refractivity contribution is 5.51. The molecule has 0 saturated heterocycles. The summed E-state index contributed by atoms with van der Waals surface area (Å²) in [5, 5.41) is 7.93. The lowest BCUT2D eigenvalue weighted by Crippen LogP contribution is -2.03. The SMILES string of the molecule is CCOCc1ccccc1NCc1cnn(Cc2ccccc2)c1. The number of benzene rings is 2. The highest BCUT2D eigenvalue weighted by Crippen LogP contribution is 2.17. The molecule has 2 aromatic carbocycles. The van der Waals surface area contributed by atoms with Crippen molar-refractivity contribution in [2.24, 2.45) is 0 Å². The molecule has 124 valence electrons. The van der Waals surface area contributed by atoms with Gasteiger partial charge in [0.15, 0.2) is 0 Å². The van der Waals surface area contributed by atoms with E-state index >= 15 is 0 Å². The van der Waals surface area contributed by atoms with E-state index in [1.165, 1.54) is 11.1 Å². The van der Waals surface area contributed by atoms with Crippen LogP contribution < -0.4 is 5.32 Å². The van der Waals surface area contributed by atoms with Crippen molar-refractivity contribution in [3.8, 4) is 0 Å². The van der Waals surface area contributed by atoms with Gasteiger partial charge >= 0.3 is 0 Å². The number of hydrogen-bond donors (Lipinski definition) is 1. The summed E-state index contributed by atoms with van der Waals surface area (Å²) >= 11 is 0. The zero-order valence-corrected chi connectivity index (χ0v) is 14.0. The van der Waals surface area contributed by atoms with Crippen LogP contribution >= 0.6 is 0 Å². The van der Waals surface area contributed by atoms with Crippen molar-refractivity contribution in [2.75, 3.05) is 11.9 Å². The van der Waals surface area contributed by atoms with E-state index in [1.807, 2.05) is 36.0 Å². The van der Waals surface area contributed by atoms with Gasteiger partial charge in [-0.1, -0.05) is 48.5 Å². The summed E-state index contributed by atoms with van der Waals surface area (Å²) in [6.07, 6.45) is 4.01. The van der Waals surface area contributed by atoms with E-state index in [4.69, 9.17) is 4.74 Å². The smallest absolute Gasteiger partial charge is 0.0736 e. The van der Waals surface area contributed by atoms with E-state index in [0.29, 0.717) is 6.61 Å². The zero-order chi connectivity index (χ0) is 16.6. The lowest BCUT2D eigenvalue weighted by atomic mass is 10.2. The maximum atomic E-state index is 5.53. The van der Waals surface area contributed by atoms with Crippen molar-refractivity contribution in [2.45, 2.75) is 26.6 Å². The molecule has 1 aromatic heterocycles. The minimum atomic E-state index is 0.632. The summed E-state index contributed by atoms with van der Waals surface area (Å²) in [5.74, 6) is 0. The van der Waals surface area contributed by atoms with E-state index in [1.54, 1.807) is 0 Å². The largest absolute Gasteiger partial charge is 0.381 e. The highest BCUT2D eigenvalue weighted by Gasteiger charge is 2.03. The second-order valence-corrected chi connectivity index (χ2v) is 5.68. The van der Waals surface area contributed by atoms with E-state index in [-0.39, 0.29) is 0 Å². The summed E-state index contributed by atoms with van der Waals surface area (Å²) < 4.78 is 7.50. The third-order valence-electron chi connectivity index (χ3n) is 3.84. The zero-order valence-electron chi connectivity index (χ0n) is 14.0. The molecule has 0 spiro atoms. The van der Waals surface area contributed by atoms with Crippen LogP contribution in [0.3, 0.4) is 0 Å². The van der Waals surface area contributed by atoms with Crippen LogP contribution in [0.25, 0.3) is 0 Å². The van der Waals surface area contributed by atoms with Crippen LogP contribution in [0.4, 0.5) is 5.69 Å². The van der Waals surface area contributed by atoms with Crippen molar-refractivity contribution in [1.82, 2.24) is 9.78 Å². The number of rotatable bonds is 8. The Bertz CT molecular complexity index is 752. The molecule has 0 radical (unpaired) electrons.